The van der Waals surface area contributed by atoms with E-state index in [-0.39, 0.29) is 45.6 Å². The molecule has 0 saturated heterocycles. The number of benzene rings is 1. The third kappa shape index (κ3) is 4.25. The van der Waals surface area contributed by atoms with E-state index in [2.05, 4.69) is 4.90 Å². The van der Waals surface area contributed by atoms with Gasteiger partial charge in [0, 0.05) is 17.7 Å². The molecule has 6 heteroatoms. The number of nitrogens with zero attached hydrogens (tertiary/aromatic N) is 2. The Labute approximate surface area is 154 Å². The molecule has 0 fully saturated rings. The summed E-state index contributed by atoms with van der Waals surface area (Å²) in [4.78, 5) is 52.1. The molecule has 1 aliphatic rings. The van der Waals surface area contributed by atoms with Crippen molar-refractivity contribution in [3.05, 3.63) is 34.4 Å². The molecule has 1 aromatic rings. The van der Waals surface area contributed by atoms with Gasteiger partial charge in [0.25, 0.3) is 11.8 Å². The molecule has 2 rings (SSSR count). The second-order valence-electron chi connectivity index (χ2n) is 7.04. The molecule has 0 aliphatic carbocycles. The Balaban J connectivity index is 2.09. The molecule has 0 N–H and O–H groups in total. The Morgan fingerprint density at radius 1 is 0.846 bits per heavy atom. The van der Waals surface area contributed by atoms with E-state index in [0.717, 1.165) is 32.2 Å². The molecular weight excluding hydrogens is 332 g/mol. The summed E-state index contributed by atoms with van der Waals surface area (Å²) >= 11 is 0. The lowest BCUT2D eigenvalue weighted by atomic mass is 9.95. The number of hydrogen-bond donors (Lipinski definition) is 0. The number of amides is 2. The molecule has 140 valence electrons. The van der Waals surface area contributed by atoms with Crippen LogP contribution >= 0.6 is 0 Å². The molecule has 1 heterocycles. The average Bonchev–Trinajstić information content (AvgIpc) is 2.80. The Morgan fingerprint density at radius 3 is 1.73 bits per heavy atom. The Morgan fingerprint density at radius 2 is 1.31 bits per heavy atom. The Hall–Kier alpha value is -2.34. The van der Waals surface area contributed by atoms with Gasteiger partial charge in [0.2, 0.25) is 0 Å². The minimum Gasteiger partial charge on any atom is -0.309 e. The van der Waals surface area contributed by atoms with Crippen LogP contribution in [-0.2, 0) is 0 Å². The van der Waals surface area contributed by atoms with Gasteiger partial charge in [-0.1, -0.05) is 12.8 Å². The maximum Gasteiger partial charge on any atom is 0.261 e. The topological polar surface area (TPSA) is 74.8 Å². The van der Waals surface area contributed by atoms with Gasteiger partial charge in [-0.15, -0.1) is 0 Å². The summed E-state index contributed by atoms with van der Waals surface area (Å²) < 4.78 is 0. The predicted molar refractivity (Wildman–Crippen MR) is 98.8 cm³/mol. The van der Waals surface area contributed by atoms with E-state index in [1.807, 2.05) is 14.1 Å². The van der Waals surface area contributed by atoms with Crippen molar-refractivity contribution in [1.82, 2.24) is 9.80 Å². The minimum atomic E-state index is -0.379. The molecule has 2 amide bonds. The number of imide groups is 1. The molecule has 0 saturated carbocycles. The normalized spacial score (nSPS) is 13.5. The van der Waals surface area contributed by atoms with Crippen LogP contribution in [0.15, 0.2) is 12.1 Å². The molecule has 0 radical (unpaired) electrons. The standard InChI is InChI=1S/C20H26N2O4/c1-13(23)15-11-17-18(12-16(15)14(2)24)20(26)22(19(17)25)10-8-6-5-7-9-21(3)4/h11-12H,5-10H2,1-4H3. The van der Waals surface area contributed by atoms with Crippen LogP contribution in [0.25, 0.3) is 0 Å². The van der Waals surface area contributed by atoms with Crippen molar-refractivity contribution in [3.8, 4) is 0 Å². The minimum absolute atomic E-state index is 0.197. The third-order valence-electron chi connectivity index (χ3n) is 4.60. The van der Waals surface area contributed by atoms with E-state index < -0.39 is 0 Å². The summed E-state index contributed by atoms with van der Waals surface area (Å²) in [6.07, 6.45) is 3.82. The van der Waals surface area contributed by atoms with Crippen LogP contribution in [-0.4, -0.2) is 60.4 Å². The van der Waals surface area contributed by atoms with E-state index >= 15 is 0 Å². The smallest absolute Gasteiger partial charge is 0.261 e. The van der Waals surface area contributed by atoms with E-state index in [0.29, 0.717) is 6.54 Å². The van der Waals surface area contributed by atoms with Gasteiger partial charge in [0.05, 0.1) is 11.1 Å². The number of fused-ring (bicyclic) bond motifs is 1. The maximum absolute atomic E-state index is 12.6. The summed E-state index contributed by atoms with van der Waals surface area (Å²) in [5, 5.41) is 0. The Bertz CT molecular complexity index is 699. The van der Waals surface area contributed by atoms with Crippen molar-refractivity contribution in [2.75, 3.05) is 27.2 Å². The van der Waals surface area contributed by atoms with E-state index in [9.17, 15) is 19.2 Å². The van der Waals surface area contributed by atoms with Crippen molar-refractivity contribution in [3.63, 3.8) is 0 Å². The third-order valence-corrected chi connectivity index (χ3v) is 4.60. The van der Waals surface area contributed by atoms with Crippen LogP contribution in [0.1, 0.15) is 81.0 Å². The highest BCUT2D eigenvalue weighted by molar-refractivity contribution is 6.23. The first kappa shape index (κ1) is 20.0. The molecule has 6 nitrogen and oxygen atoms in total. The van der Waals surface area contributed by atoms with Gasteiger partial charge in [-0.2, -0.15) is 0 Å². The first-order valence-electron chi connectivity index (χ1n) is 8.95. The average molecular weight is 358 g/mol. The molecule has 0 unspecified atom stereocenters. The Kier molecular flexibility index (Phi) is 6.42. The molecule has 0 aromatic heterocycles. The van der Waals surface area contributed by atoms with Crippen LogP contribution in [0, 0.1) is 0 Å². The zero-order chi connectivity index (χ0) is 19.4. The van der Waals surface area contributed by atoms with Crippen LogP contribution in [0.5, 0.6) is 0 Å². The predicted octanol–water partition coefficient (Wildman–Crippen LogP) is 2.81. The fraction of sp³-hybridized carbons (Fsp3) is 0.500. The maximum atomic E-state index is 12.6. The second-order valence-corrected chi connectivity index (χ2v) is 7.04. The lowest BCUT2D eigenvalue weighted by Crippen LogP contribution is -2.30. The molecular formula is C20H26N2O4. The number of carbonyl (C=O) groups excluding carboxylic acids is 4. The molecule has 26 heavy (non-hydrogen) atoms. The number of Topliss-reactive ketones (excluding diaryl/α,β-unsaturated/α-hetero) is 2. The number of hydrogen-bond acceptors (Lipinski definition) is 5. The fourth-order valence-electron chi connectivity index (χ4n) is 3.17. The zero-order valence-electron chi connectivity index (χ0n) is 15.9. The number of ketones is 2. The first-order chi connectivity index (χ1) is 12.2. The quantitative estimate of drug-likeness (QED) is 0.385. The molecule has 0 spiro atoms. The molecule has 1 aliphatic heterocycles. The van der Waals surface area contributed by atoms with Crippen LogP contribution in [0.3, 0.4) is 0 Å². The summed E-state index contributed by atoms with van der Waals surface area (Å²) in [6.45, 7) is 4.08. The van der Waals surface area contributed by atoms with Crippen LogP contribution in [0.2, 0.25) is 0 Å². The SMILES string of the molecule is CC(=O)c1cc2c(cc1C(C)=O)C(=O)N(CCCCCCN(C)C)C2=O. The van der Waals surface area contributed by atoms with Gasteiger partial charge in [0.1, 0.15) is 0 Å². The van der Waals surface area contributed by atoms with Gasteiger partial charge in [-0.05, 0) is 59.5 Å². The number of rotatable bonds is 9. The molecule has 0 atom stereocenters. The van der Waals surface area contributed by atoms with Gasteiger partial charge in [0.15, 0.2) is 11.6 Å². The summed E-state index contributed by atoms with van der Waals surface area (Å²) in [5.41, 5.74) is 0.835. The van der Waals surface area contributed by atoms with Crippen molar-refractivity contribution in [2.45, 2.75) is 39.5 Å². The van der Waals surface area contributed by atoms with E-state index in [1.54, 1.807) is 0 Å². The van der Waals surface area contributed by atoms with Gasteiger partial charge < -0.3 is 4.90 Å². The van der Waals surface area contributed by atoms with Gasteiger partial charge >= 0.3 is 0 Å². The van der Waals surface area contributed by atoms with Crippen molar-refractivity contribution in [2.24, 2.45) is 0 Å². The van der Waals surface area contributed by atoms with Gasteiger partial charge in [-0.3, -0.25) is 24.1 Å². The highest BCUT2D eigenvalue weighted by Crippen LogP contribution is 2.27. The molecule has 0 bridgehead atoms. The molecule has 1 aromatic carbocycles. The highest BCUT2D eigenvalue weighted by atomic mass is 16.2. The summed E-state index contributed by atoms with van der Waals surface area (Å²) in [6, 6.07) is 2.79. The highest BCUT2D eigenvalue weighted by Gasteiger charge is 2.36. The zero-order valence-corrected chi connectivity index (χ0v) is 15.9. The van der Waals surface area contributed by atoms with Crippen molar-refractivity contribution in [1.29, 1.82) is 0 Å². The van der Waals surface area contributed by atoms with Crippen molar-refractivity contribution >= 4 is 23.4 Å². The lowest BCUT2D eigenvalue weighted by Gasteiger charge is -2.14. The first-order valence-corrected chi connectivity index (χ1v) is 8.95. The van der Waals surface area contributed by atoms with E-state index in [1.165, 1.54) is 30.9 Å². The lowest BCUT2D eigenvalue weighted by molar-refractivity contribution is 0.0651. The van der Waals surface area contributed by atoms with E-state index in [4.69, 9.17) is 0 Å². The summed E-state index contributed by atoms with van der Waals surface area (Å²) in [5.74, 6) is -1.35. The monoisotopic (exact) mass is 358 g/mol. The van der Waals surface area contributed by atoms with Crippen LogP contribution in [0.4, 0.5) is 0 Å². The number of unbranched alkanes of at least 4 members (excludes halogenated alkanes) is 3. The number of carbonyl (C=O) groups is 4. The van der Waals surface area contributed by atoms with Gasteiger partial charge in [-0.25, -0.2) is 0 Å². The van der Waals surface area contributed by atoms with Crippen molar-refractivity contribution < 1.29 is 19.2 Å². The second kappa shape index (κ2) is 8.36. The fourth-order valence-corrected chi connectivity index (χ4v) is 3.17. The largest absolute Gasteiger partial charge is 0.309 e. The summed E-state index contributed by atoms with van der Waals surface area (Å²) in [7, 11) is 4.06. The van der Waals surface area contributed by atoms with Crippen LogP contribution < -0.4 is 0 Å².